The van der Waals surface area contributed by atoms with Gasteiger partial charge in [0.25, 0.3) is 0 Å². The fourth-order valence-electron chi connectivity index (χ4n) is 2.42. The lowest BCUT2D eigenvalue weighted by Gasteiger charge is -2.27. The van der Waals surface area contributed by atoms with Crippen LogP contribution in [0.3, 0.4) is 0 Å². The van der Waals surface area contributed by atoms with Crippen LogP contribution in [0.25, 0.3) is 0 Å². The first-order valence-electron chi connectivity index (χ1n) is 6.26. The molecule has 100 valence electrons. The Kier molecular flexibility index (Phi) is 4.68. The standard InChI is InChI=1S/C12H19N3O2S/c1-14(7-10-2-4-13-5-3-10)8-11-6-12(15(16)17)18-9-11/h6,9-10,13H,2-5,7-8H2,1H3. The summed E-state index contributed by atoms with van der Waals surface area (Å²) in [5.74, 6) is 0.755. The molecule has 0 unspecified atom stereocenters. The quantitative estimate of drug-likeness (QED) is 0.657. The van der Waals surface area contributed by atoms with Gasteiger partial charge >= 0.3 is 5.00 Å². The van der Waals surface area contributed by atoms with Crippen LogP contribution in [0.15, 0.2) is 11.4 Å². The highest BCUT2D eigenvalue weighted by molar-refractivity contribution is 7.13. The fourth-order valence-corrected chi connectivity index (χ4v) is 3.14. The first-order valence-corrected chi connectivity index (χ1v) is 7.14. The number of piperidine rings is 1. The molecular formula is C12H19N3O2S. The van der Waals surface area contributed by atoms with E-state index in [0.29, 0.717) is 0 Å². The normalized spacial score (nSPS) is 17.2. The highest BCUT2D eigenvalue weighted by Gasteiger charge is 2.16. The lowest BCUT2D eigenvalue weighted by Crippen LogP contribution is -2.34. The molecule has 6 heteroatoms. The SMILES string of the molecule is CN(Cc1csc([N+](=O)[O-])c1)CC1CCNCC1. The van der Waals surface area contributed by atoms with Crippen LogP contribution in [0, 0.1) is 16.0 Å². The lowest BCUT2D eigenvalue weighted by molar-refractivity contribution is -0.380. The van der Waals surface area contributed by atoms with Gasteiger partial charge in [0.1, 0.15) is 0 Å². The van der Waals surface area contributed by atoms with Gasteiger partial charge in [0.05, 0.1) is 4.92 Å². The zero-order valence-electron chi connectivity index (χ0n) is 10.6. The van der Waals surface area contributed by atoms with Gasteiger partial charge in [-0.2, -0.15) is 0 Å². The Bertz CT molecular complexity index is 402. The molecule has 1 fully saturated rings. The molecule has 0 atom stereocenters. The Morgan fingerprint density at radius 2 is 2.28 bits per heavy atom. The average Bonchev–Trinajstić information content (AvgIpc) is 2.78. The molecule has 1 N–H and O–H groups in total. The van der Waals surface area contributed by atoms with E-state index in [1.54, 1.807) is 6.07 Å². The summed E-state index contributed by atoms with van der Waals surface area (Å²) in [6, 6.07) is 1.68. The van der Waals surface area contributed by atoms with Crippen molar-refractivity contribution in [1.29, 1.82) is 0 Å². The van der Waals surface area contributed by atoms with Gasteiger partial charge in [-0.1, -0.05) is 11.3 Å². The molecule has 0 saturated carbocycles. The number of thiophene rings is 1. The molecule has 0 spiro atoms. The molecule has 0 aromatic carbocycles. The van der Waals surface area contributed by atoms with Crippen molar-refractivity contribution in [1.82, 2.24) is 10.2 Å². The maximum atomic E-state index is 10.6. The van der Waals surface area contributed by atoms with Crippen molar-refractivity contribution >= 4 is 16.3 Å². The van der Waals surface area contributed by atoms with E-state index in [9.17, 15) is 10.1 Å². The molecule has 2 heterocycles. The Morgan fingerprint density at radius 1 is 1.56 bits per heavy atom. The molecule has 0 amide bonds. The summed E-state index contributed by atoms with van der Waals surface area (Å²) in [4.78, 5) is 12.6. The number of hydrogen-bond donors (Lipinski definition) is 1. The molecule has 0 radical (unpaired) electrons. The van der Waals surface area contributed by atoms with Crippen LogP contribution in [0.2, 0.25) is 0 Å². The van der Waals surface area contributed by atoms with Crippen molar-refractivity contribution in [3.63, 3.8) is 0 Å². The van der Waals surface area contributed by atoms with E-state index in [1.165, 1.54) is 24.2 Å². The van der Waals surface area contributed by atoms with Crippen molar-refractivity contribution in [2.75, 3.05) is 26.7 Å². The van der Waals surface area contributed by atoms with Gasteiger partial charge in [-0.3, -0.25) is 10.1 Å². The summed E-state index contributed by atoms with van der Waals surface area (Å²) in [7, 11) is 2.09. The summed E-state index contributed by atoms with van der Waals surface area (Å²) >= 11 is 1.21. The van der Waals surface area contributed by atoms with E-state index in [-0.39, 0.29) is 9.92 Å². The summed E-state index contributed by atoms with van der Waals surface area (Å²) in [6.07, 6.45) is 2.46. The molecule has 0 aliphatic carbocycles. The maximum Gasteiger partial charge on any atom is 0.324 e. The minimum Gasteiger partial charge on any atom is -0.317 e. The third kappa shape index (κ3) is 3.76. The second kappa shape index (κ2) is 6.26. The van der Waals surface area contributed by atoms with Crippen molar-refractivity contribution in [2.45, 2.75) is 19.4 Å². The largest absolute Gasteiger partial charge is 0.324 e. The Labute approximate surface area is 111 Å². The van der Waals surface area contributed by atoms with E-state index in [1.807, 2.05) is 5.38 Å². The summed E-state index contributed by atoms with van der Waals surface area (Å²) in [6.45, 7) is 4.10. The number of hydrogen-bond acceptors (Lipinski definition) is 5. The molecular weight excluding hydrogens is 250 g/mol. The molecule has 5 nitrogen and oxygen atoms in total. The van der Waals surface area contributed by atoms with Gasteiger partial charge < -0.3 is 10.2 Å². The van der Waals surface area contributed by atoms with E-state index < -0.39 is 0 Å². The highest BCUT2D eigenvalue weighted by Crippen LogP contribution is 2.23. The van der Waals surface area contributed by atoms with Crippen LogP contribution in [0.4, 0.5) is 5.00 Å². The minimum atomic E-state index is -0.318. The minimum absolute atomic E-state index is 0.236. The third-order valence-corrected chi connectivity index (χ3v) is 4.23. The number of nitro groups is 1. The Balaban J connectivity index is 1.82. The number of nitrogens with zero attached hydrogens (tertiary/aromatic N) is 2. The van der Waals surface area contributed by atoms with Crippen LogP contribution < -0.4 is 5.32 Å². The zero-order chi connectivity index (χ0) is 13.0. The van der Waals surface area contributed by atoms with Gasteiger partial charge in [-0.05, 0) is 44.5 Å². The molecule has 0 bridgehead atoms. The molecule has 18 heavy (non-hydrogen) atoms. The molecule has 1 aliphatic rings. The van der Waals surface area contributed by atoms with Crippen LogP contribution in [-0.4, -0.2) is 36.5 Å². The monoisotopic (exact) mass is 269 g/mol. The van der Waals surface area contributed by atoms with Crippen molar-refractivity contribution < 1.29 is 4.92 Å². The smallest absolute Gasteiger partial charge is 0.317 e. The second-order valence-corrected chi connectivity index (χ2v) is 5.83. The Morgan fingerprint density at radius 3 is 2.89 bits per heavy atom. The molecule has 1 aliphatic heterocycles. The molecule has 1 saturated heterocycles. The van der Waals surface area contributed by atoms with Crippen LogP contribution in [0.1, 0.15) is 18.4 Å². The summed E-state index contributed by atoms with van der Waals surface area (Å²) in [5, 5.41) is 16.1. The van der Waals surface area contributed by atoms with Crippen LogP contribution in [0.5, 0.6) is 0 Å². The van der Waals surface area contributed by atoms with Crippen molar-refractivity contribution in [3.8, 4) is 0 Å². The van der Waals surface area contributed by atoms with E-state index in [2.05, 4.69) is 17.3 Å². The van der Waals surface area contributed by atoms with Gasteiger partial charge in [0.2, 0.25) is 0 Å². The number of nitrogens with one attached hydrogen (secondary N) is 1. The predicted molar refractivity (Wildman–Crippen MR) is 72.9 cm³/mol. The molecule has 1 aromatic heterocycles. The first kappa shape index (κ1) is 13.5. The molecule has 1 aromatic rings. The average molecular weight is 269 g/mol. The fraction of sp³-hybridized carbons (Fsp3) is 0.667. The predicted octanol–water partition coefficient (Wildman–Crippen LogP) is 2.09. The first-order chi connectivity index (χ1) is 8.65. The van der Waals surface area contributed by atoms with Crippen molar-refractivity contribution in [3.05, 3.63) is 27.1 Å². The van der Waals surface area contributed by atoms with Crippen LogP contribution in [-0.2, 0) is 6.54 Å². The summed E-state index contributed by atoms with van der Waals surface area (Å²) in [5.41, 5.74) is 1.04. The van der Waals surface area contributed by atoms with Gasteiger partial charge in [-0.25, -0.2) is 0 Å². The highest BCUT2D eigenvalue weighted by atomic mass is 32.1. The lowest BCUT2D eigenvalue weighted by atomic mass is 9.97. The van der Waals surface area contributed by atoms with Crippen molar-refractivity contribution in [2.24, 2.45) is 5.92 Å². The van der Waals surface area contributed by atoms with E-state index in [0.717, 1.165) is 37.7 Å². The van der Waals surface area contributed by atoms with Gasteiger partial charge in [0.15, 0.2) is 0 Å². The summed E-state index contributed by atoms with van der Waals surface area (Å²) < 4.78 is 0. The maximum absolute atomic E-state index is 10.6. The topological polar surface area (TPSA) is 58.4 Å². The number of rotatable bonds is 5. The van der Waals surface area contributed by atoms with E-state index in [4.69, 9.17) is 0 Å². The Hall–Kier alpha value is -0.980. The van der Waals surface area contributed by atoms with E-state index >= 15 is 0 Å². The van der Waals surface area contributed by atoms with Crippen LogP contribution >= 0.6 is 11.3 Å². The second-order valence-electron chi connectivity index (χ2n) is 4.94. The zero-order valence-corrected chi connectivity index (χ0v) is 11.4. The third-order valence-electron chi connectivity index (χ3n) is 3.30. The van der Waals surface area contributed by atoms with Gasteiger partial charge in [0, 0.05) is 24.5 Å². The molecule has 2 rings (SSSR count). The van der Waals surface area contributed by atoms with Gasteiger partial charge in [-0.15, -0.1) is 0 Å².